The van der Waals surface area contributed by atoms with Crippen LogP contribution in [0, 0.1) is 6.92 Å². The third-order valence-electron chi connectivity index (χ3n) is 3.51. The Morgan fingerprint density at radius 2 is 2.16 bits per heavy atom. The molecule has 104 valence electrons. The number of carbonyl (C=O) groups excluding carboxylic acids is 1. The van der Waals surface area contributed by atoms with Gasteiger partial charge in [-0.05, 0) is 25.3 Å². The van der Waals surface area contributed by atoms with Gasteiger partial charge >= 0.3 is 0 Å². The van der Waals surface area contributed by atoms with E-state index < -0.39 is 0 Å². The maximum Gasteiger partial charge on any atom is 0.236 e. The van der Waals surface area contributed by atoms with Gasteiger partial charge in [-0.25, -0.2) is 0 Å². The number of piperidine rings is 1. The number of carbonyl (C=O) groups is 1. The first-order chi connectivity index (χ1) is 9.19. The number of ether oxygens (including phenoxy) is 1. The van der Waals surface area contributed by atoms with Crippen LogP contribution in [0.4, 0.5) is 0 Å². The topological polar surface area (TPSA) is 55.6 Å². The van der Waals surface area contributed by atoms with E-state index in [0.29, 0.717) is 13.2 Å². The van der Waals surface area contributed by atoms with Gasteiger partial charge in [0, 0.05) is 13.1 Å². The third kappa shape index (κ3) is 4.04. The van der Waals surface area contributed by atoms with Crippen molar-refractivity contribution in [2.24, 2.45) is 5.73 Å². The summed E-state index contributed by atoms with van der Waals surface area (Å²) in [5.41, 5.74) is 7.82. The second-order valence-electron chi connectivity index (χ2n) is 5.10. The fraction of sp³-hybridized carbons (Fsp3) is 0.533. The molecule has 1 unspecified atom stereocenters. The molecule has 0 saturated carbocycles. The van der Waals surface area contributed by atoms with Gasteiger partial charge in [0.1, 0.15) is 0 Å². The molecule has 1 aromatic carbocycles. The predicted octanol–water partition coefficient (Wildman–Crippen LogP) is 1.46. The zero-order chi connectivity index (χ0) is 13.7. The monoisotopic (exact) mass is 262 g/mol. The Morgan fingerprint density at radius 1 is 1.42 bits per heavy atom. The minimum absolute atomic E-state index is 0.0173. The fourth-order valence-corrected chi connectivity index (χ4v) is 2.33. The Hall–Kier alpha value is -1.39. The van der Waals surface area contributed by atoms with Gasteiger partial charge in [0.05, 0.1) is 19.3 Å². The Balaban J connectivity index is 1.82. The van der Waals surface area contributed by atoms with Crippen LogP contribution in [0.15, 0.2) is 24.3 Å². The molecule has 0 bridgehead atoms. The minimum Gasteiger partial charge on any atom is -0.372 e. The Bertz CT molecular complexity index is 417. The second kappa shape index (κ2) is 6.68. The number of amides is 1. The summed E-state index contributed by atoms with van der Waals surface area (Å²) in [6, 6.07) is 8.34. The first-order valence-corrected chi connectivity index (χ1v) is 6.84. The molecule has 1 fully saturated rings. The minimum atomic E-state index is 0.0173. The van der Waals surface area contributed by atoms with Crippen LogP contribution >= 0.6 is 0 Å². The van der Waals surface area contributed by atoms with Crippen molar-refractivity contribution in [3.63, 3.8) is 0 Å². The van der Waals surface area contributed by atoms with Crippen molar-refractivity contribution in [1.82, 2.24) is 4.90 Å². The lowest BCUT2D eigenvalue weighted by Gasteiger charge is -2.32. The van der Waals surface area contributed by atoms with Crippen LogP contribution in [0.3, 0.4) is 0 Å². The molecule has 1 atom stereocenters. The largest absolute Gasteiger partial charge is 0.372 e. The molecule has 1 amide bonds. The molecular formula is C15H22N2O2. The zero-order valence-corrected chi connectivity index (χ0v) is 11.5. The van der Waals surface area contributed by atoms with Crippen molar-refractivity contribution in [2.75, 3.05) is 19.6 Å². The number of likely N-dealkylation sites (tertiary alicyclic amines) is 1. The van der Waals surface area contributed by atoms with Crippen molar-refractivity contribution >= 4 is 5.91 Å². The highest BCUT2D eigenvalue weighted by Gasteiger charge is 2.23. The molecule has 4 nitrogen and oxygen atoms in total. The normalized spacial score (nSPS) is 19.5. The van der Waals surface area contributed by atoms with Gasteiger partial charge in [0.2, 0.25) is 5.91 Å². The van der Waals surface area contributed by atoms with Crippen LogP contribution in [0.1, 0.15) is 24.0 Å². The SMILES string of the molecule is Cc1ccc(COC2CCCN(C(=O)CN)C2)cc1. The maximum atomic E-state index is 11.6. The van der Waals surface area contributed by atoms with Gasteiger partial charge in [0.15, 0.2) is 0 Å². The number of rotatable bonds is 4. The lowest BCUT2D eigenvalue weighted by atomic mass is 10.1. The summed E-state index contributed by atoms with van der Waals surface area (Å²) < 4.78 is 5.90. The first kappa shape index (κ1) is 14.0. The van der Waals surface area contributed by atoms with Crippen molar-refractivity contribution in [3.05, 3.63) is 35.4 Å². The van der Waals surface area contributed by atoms with E-state index in [9.17, 15) is 4.79 Å². The average molecular weight is 262 g/mol. The molecule has 1 aromatic rings. The number of hydrogen-bond donors (Lipinski definition) is 1. The van der Waals surface area contributed by atoms with Crippen LogP contribution in [0.2, 0.25) is 0 Å². The van der Waals surface area contributed by atoms with Gasteiger partial charge in [-0.2, -0.15) is 0 Å². The molecule has 1 heterocycles. The summed E-state index contributed by atoms with van der Waals surface area (Å²) in [7, 11) is 0. The van der Waals surface area contributed by atoms with Gasteiger partial charge in [-0.1, -0.05) is 29.8 Å². The van der Waals surface area contributed by atoms with E-state index in [1.807, 2.05) is 4.90 Å². The number of nitrogens with zero attached hydrogens (tertiary/aromatic N) is 1. The average Bonchev–Trinajstić information content (AvgIpc) is 2.46. The summed E-state index contributed by atoms with van der Waals surface area (Å²) in [4.78, 5) is 13.4. The molecular weight excluding hydrogens is 240 g/mol. The van der Waals surface area contributed by atoms with E-state index in [4.69, 9.17) is 10.5 Å². The second-order valence-corrected chi connectivity index (χ2v) is 5.10. The van der Waals surface area contributed by atoms with Crippen molar-refractivity contribution in [3.8, 4) is 0 Å². The van der Waals surface area contributed by atoms with Crippen LogP contribution in [0.25, 0.3) is 0 Å². The zero-order valence-electron chi connectivity index (χ0n) is 11.5. The lowest BCUT2D eigenvalue weighted by Crippen LogP contribution is -2.45. The molecule has 4 heteroatoms. The molecule has 19 heavy (non-hydrogen) atoms. The Kier molecular flexibility index (Phi) is 4.93. The van der Waals surface area contributed by atoms with Gasteiger partial charge in [-0.15, -0.1) is 0 Å². The molecule has 2 rings (SSSR count). The maximum absolute atomic E-state index is 11.6. The molecule has 0 spiro atoms. The summed E-state index contributed by atoms with van der Waals surface area (Å²) >= 11 is 0. The predicted molar refractivity (Wildman–Crippen MR) is 74.6 cm³/mol. The van der Waals surface area contributed by atoms with Crippen LogP contribution in [0.5, 0.6) is 0 Å². The molecule has 0 aliphatic carbocycles. The third-order valence-corrected chi connectivity index (χ3v) is 3.51. The summed E-state index contributed by atoms with van der Waals surface area (Å²) in [6.45, 7) is 4.24. The Labute approximate surface area is 114 Å². The molecule has 1 aliphatic heterocycles. The molecule has 0 radical (unpaired) electrons. The highest BCUT2D eigenvalue weighted by Crippen LogP contribution is 2.15. The van der Waals surface area contributed by atoms with Crippen LogP contribution in [-0.4, -0.2) is 36.5 Å². The highest BCUT2D eigenvalue weighted by atomic mass is 16.5. The first-order valence-electron chi connectivity index (χ1n) is 6.84. The smallest absolute Gasteiger partial charge is 0.236 e. The molecule has 1 aliphatic rings. The van der Waals surface area contributed by atoms with E-state index in [2.05, 4.69) is 31.2 Å². The summed E-state index contributed by atoms with van der Waals surface area (Å²) in [5.74, 6) is 0.0173. The van der Waals surface area contributed by atoms with Crippen molar-refractivity contribution in [1.29, 1.82) is 0 Å². The molecule has 2 N–H and O–H groups in total. The van der Waals surface area contributed by atoms with Crippen LogP contribution < -0.4 is 5.73 Å². The van der Waals surface area contributed by atoms with E-state index in [-0.39, 0.29) is 18.6 Å². The van der Waals surface area contributed by atoms with Crippen molar-refractivity contribution in [2.45, 2.75) is 32.5 Å². The molecule has 0 aromatic heterocycles. The summed E-state index contributed by atoms with van der Waals surface area (Å²) in [5, 5.41) is 0. The number of aryl methyl sites for hydroxylation is 1. The van der Waals surface area contributed by atoms with Crippen LogP contribution in [-0.2, 0) is 16.1 Å². The Morgan fingerprint density at radius 3 is 2.84 bits per heavy atom. The standard InChI is InChI=1S/C15H22N2O2/c1-12-4-6-13(7-5-12)11-19-14-3-2-8-17(10-14)15(18)9-16/h4-7,14H,2-3,8-11,16H2,1H3. The number of hydrogen-bond acceptors (Lipinski definition) is 3. The van der Waals surface area contributed by atoms with E-state index in [1.165, 1.54) is 11.1 Å². The number of benzene rings is 1. The summed E-state index contributed by atoms with van der Waals surface area (Å²) in [6.07, 6.45) is 2.13. The lowest BCUT2D eigenvalue weighted by molar-refractivity contribution is -0.134. The van der Waals surface area contributed by atoms with E-state index in [1.54, 1.807) is 0 Å². The number of nitrogens with two attached hydrogens (primary N) is 1. The van der Waals surface area contributed by atoms with Crippen molar-refractivity contribution < 1.29 is 9.53 Å². The van der Waals surface area contributed by atoms with Gasteiger partial charge < -0.3 is 15.4 Å². The van der Waals surface area contributed by atoms with E-state index >= 15 is 0 Å². The van der Waals surface area contributed by atoms with Gasteiger partial charge in [-0.3, -0.25) is 4.79 Å². The fourth-order valence-electron chi connectivity index (χ4n) is 2.33. The highest BCUT2D eigenvalue weighted by molar-refractivity contribution is 5.78. The quantitative estimate of drug-likeness (QED) is 0.893. The van der Waals surface area contributed by atoms with E-state index in [0.717, 1.165) is 19.4 Å². The van der Waals surface area contributed by atoms with Gasteiger partial charge in [0.25, 0.3) is 0 Å². The molecule has 1 saturated heterocycles.